The van der Waals surface area contributed by atoms with Crippen LogP contribution in [0, 0.1) is 12.8 Å². The minimum Gasteiger partial charge on any atom is -0.395 e. The number of carbonyl (C=O) groups is 2. The number of rotatable bonds is 10. The maximum absolute atomic E-state index is 12.8. The molecule has 2 aliphatic rings. The second-order valence-electron chi connectivity index (χ2n) is 10.3. The number of benzene rings is 1. The molecule has 3 aromatic heterocycles. The fraction of sp³-hybridized carbons (Fsp3) is 0.370. The van der Waals surface area contributed by atoms with Gasteiger partial charge in [0.15, 0.2) is 11.6 Å². The Morgan fingerprint density at radius 1 is 1.12 bits per heavy atom. The SMILES string of the molecule is Cc1cc(Nc2nc(Sc3ccc(NC(=O)C4CC4)cc3)nn3cc(NC(=O)CN4CCCC4CO)cc23)n[nH]1. The molecule has 1 atom stereocenters. The molecule has 1 unspecified atom stereocenters. The molecule has 1 saturated heterocycles. The Kier molecular flexibility index (Phi) is 7.41. The lowest BCUT2D eigenvalue weighted by atomic mass is 10.2. The van der Waals surface area contributed by atoms with Gasteiger partial charge in [-0.1, -0.05) is 0 Å². The zero-order valence-electron chi connectivity index (χ0n) is 22.1. The van der Waals surface area contributed by atoms with Crippen LogP contribution in [-0.4, -0.2) is 72.4 Å². The van der Waals surface area contributed by atoms with Crippen LogP contribution in [-0.2, 0) is 9.59 Å². The average Bonchev–Trinajstić information content (AvgIpc) is 3.36. The second-order valence-corrected chi connectivity index (χ2v) is 11.3. The van der Waals surface area contributed by atoms with Gasteiger partial charge in [0, 0.05) is 34.3 Å². The number of nitrogens with zero attached hydrogens (tertiary/aromatic N) is 5. The van der Waals surface area contributed by atoms with Gasteiger partial charge in [0.05, 0.1) is 25.0 Å². The van der Waals surface area contributed by atoms with Crippen LogP contribution in [0.3, 0.4) is 0 Å². The van der Waals surface area contributed by atoms with Crippen LogP contribution in [0.2, 0.25) is 0 Å². The number of aliphatic hydroxyl groups is 1. The van der Waals surface area contributed by atoms with Crippen molar-refractivity contribution in [3.05, 3.63) is 48.3 Å². The molecule has 1 aliphatic heterocycles. The maximum Gasteiger partial charge on any atom is 0.238 e. The Balaban J connectivity index is 1.22. The Labute approximate surface area is 234 Å². The summed E-state index contributed by atoms with van der Waals surface area (Å²) in [6.45, 7) is 2.99. The number of nitrogens with one attached hydrogen (secondary N) is 4. The van der Waals surface area contributed by atoms with E-state index in [1.54, 1.807) is 10.7 Å². The molecule has 4 aromatic rings. The van der Waals surface area contributed by atoms with E-state index in [9.17, 15) is 14.7 Å². The van der Waals surface area contributed by atoms with Crippen LogP contribution in [0.15, 0.2) is 52.6 Å². The van der Waals surface area contributed by atoms with Crippen LogP contribution in [0.25, 0.3) is 5.52 Å². The molecule has 5 N–H and O–H groups in total. The van der Waals surface area contributed by atoms with Crippen LogP contribution in [0.4, 0.5) is 23.0 Å². The van der Waals surface area contributed by atoms with Gasteiger partial charge < -0.3 is 21.1 Å². The number of anilines is 4. The Morgan fingerprint density at radius 3 is 2.67 bits per heavy atom. The maximum atomic E-state index is 12.8. The highest BCUT2D eigenvalue weighted by molar-refractivity contribution is 7.99. The molecule has 208 valence electrons. The van der Waals surface area contributed by atoms with Gasteiger partial charge in [0.1, 0.15) is 5.52 Å². The van der Waals surface area contributed by atoms with E-state index in [4.69, 9.17) is 4.98 Å². The number of aromatic amines is 1. The molecule has 1 aromatic carbocycles. The summed E-state index contributed by atoms with van der Waals surface area (Å²) in [4.78, 5) is 32.5. The summed E-state index contributed by atoms with van der Waals surface area (Å²) in [5, 5.41) is 31.1. The van der Waals surface area contributed by atoms with E-state index < -0.39 is 0 Å². The van der Waals surface area contributed by atoms with Crippen molar-refractivity contribution in [1.82, 2.24) is 29.7 Å². The van der Waals surface area contributed by atoms with Gasteiger partial charge in [-0.3, -0.25) is 19.6 Å². The summed E-state index contributed by atoms with van der Waals surface area (Å²) in [5.41, 5.74) is 2.94. The molecule has 4 heterocycles. The van der Waals surface area contributed by atoms with Crippen LogP contribution >= 0.6 is 11.8 Å². The summed E-state index contributed by atoms with van der Waals surface area (Å²) >= 11 is 1.38. The summed E-state index contributed by atoms with van der Waals surface area (Å²) < 4.78 is 1.68. The van der Waals surface area contributed by atoms with Gasteiger partial charge in [0.2, 0.25) is 17.0 Å². The van der Waals surface area contributed by atoms with Crippen molar-refractivity contribution >= 4 is 52.1 Å². The van der Waals surface area contributed by atoms with Crippen molar-refractivity contribution in [3.8, 4) is 0 Å². The lowest BCUT2D eigenvalue weighted by Gasteiger charge is -2.21. The molecule has 40 heavy (non-hydrogen) atoms. The molecule has 0 spiro atoms. The van der Waals surface area contributed by atoms with Gasteiger partial charge in [0.25, 0.3) is 0 Å². The molecule has 1 aliphatic carbocycles. The molecular weight excluding hydrogens is 530 g/mol. The van der Waals surface area contributed by atoms with E-state index in [1.165, 1.54) is 11.8 Å². The van der Waals surface area contributed by atoms with Crippen molar-refractivity contribution in [2.75, 3.05) is 35.6 Å². The van der Waals surface area contributed by atoms with Crippen molar-refractivity contribution in [1.29, 1.82) is 0 Å². The van der Waals surface area contributed by atoms with E-state index in [0.717, 1.165) is 48.5 Å². The van der Waals surface area contributed by atoms with Crippen molar-refractivity contribution in [3.63, 3.8) is 0 Å². The number of aryl methyl sites for hydroxylation is 1. The summed E-state index contributed by atoms with van der Waals surface area (Å²) in [7, 11) is 0. The van der Waals surface area contributed by atoms with E-state index in [0.29, 0.717) is 28.0 Å². The third-order valence-corrected chi connectivity index (χ3v) is 7.88. The van der Waals surface area contributed by atoms with Gasteiger partial charge in [-0.2, -0.15) is 5.10 Å². The highest BCUT2D eigenvalue weighted by Crippen LogP contribution is 2.32. The Morgan fingerprint density at radius 2 is 1.95 bits per heavy atom. The molecule has 2 amide bonds. The van der Waals surface area contributed by atoms with Gasteiger partial charge >= 0.3 is 0 Å². The van der Waals surface area contributed by atoms with Crippen molar-refractivity contribution in [2.24, 2.45) is 5.92 Å². The van der Waals surface area contributed by atoms with Crippen LogP contribution in [0.1, 0.15) is 31.4 Å². The summed E-state index contributed by atoms with van der Waals surface area (Å²) in [6, 6.07) is 11.3. The highest BCUT2D eigenvalue weighted by atomic mass is 32.2. The third kappa shape index (κ3) is 6.11. The zero-order valence-corrected chi connectivity index (χ0v) is 22.9. The number of carbonyl (C=O) groups excluding carboxylic acids is 2. The fourth-order valence-corrected chi connectivity index (χ4v) is 5.53. The van der Waals surface area contributed by atoms with Gasteiger partial charge in [-0.05, 0) is 81.2 Å². The smallest absolute Gasteiger partial charge is 0.238 e. The van der Waals surface area contributed by atoms with E-state index in [-0.39, 0.29) is 36.9 Å². The Hall–Kier alpha value is -3.94. The van der Waals surface area contributed by atoms with Gasteiger partial charge in [-0.15, -0.1) is 5.10 Å². The lowest BCUT2D eigenvalue weighted by Crippen LogP contribution is -2.38. The first kappa shape index (κ1) is 26.3. The minimum absolute atomic E-state index is 0.0287. The largest absolute Gasteiger partial charge is 0.395 e. The molecule has 0 bridgehead atoms. The minimum atomic E-state index is -0.148. The molecule has 0 radical (unpaired) electrons. The molecule has 1 saturated carbocycles. The molecule has 2 fully saturated rings. The van der Waals surface area contributed by atoms with Crippen LogP contribution in [0.5, 0.6) is 0 Å². The predicted octanol–water partition coefficient (Wildman–Crippen LogP) is 3.40. The Bertz CT molecular complexity index is 1530. The lowest BCUT2D eigenvalue weighted by molar-refractivity contribution is -0.118. The number of aromatic nitrogens is 5. The summed E-state index contributed by atoms with van der Waals surface area (Å²) in [6.07, 6.45) is 5.55. The van der Waals surface area contributed by atoms with E-state index in [1.807, 2.05) is 48.2 Å². The third-order valence-electron chi connectivity index (χ3n) is 7.02. The summed E-state index contributed by atoms with van der Waals surface area (Å²) in [5.74, 6) is 1.22. The number of hydrogen-bond acceptors (Lipinski definition) is 9. The predicted molar refractivity (Wildman–Crippen MR) is 152 cm³/mol. The normalized spacial score (nSPS) is 17.3. The molecule has 12 nitrogen and oxygen atoms in total. The quantitative estimate of drug-likeness (QED) is 0.196. The second kappa shape index (κ2) is 11.3. The highest BCUT2D eigenvalue weighted by Gasteiger charge is 2.29. The van der Waals surface area contributed by atoms with Crippen molar-refractivity contribution in [2.45, 2.75) is 48.7 Å². The molecular formula is C27H31N9O3S. The van der Waals surface area contributed by atoms with E-state index >= 15 is 0 Å². The fourth-order valence-electron chi connectivity index (χ4n) is 4.78. The first-order chi connectivity index (χ1) is 19.4. The number of hydrogen-bond donors (Lipinski definition) is 5. The van der Waals surface area contributed by atoms with E-state index in [2.05, 4.69) is 31.2 Å². The first-order valence-corrected chi connectivity index (χ1v) is 14.2. The number of fused-ring (bicyclic) bond motifs is 1. The van der Waals surface area contributed by atoms with Gasteiger partial charge in [-0.25, -0.2) is 9.50 Å². The van der Waals surface area contributed by atoms with Crippen molar-refractivity contribution < 1.29 is 14.7 Å². The zero-order chi connectivity index (χ0) is 27.6. The standard InChI is InChI=1S/C27H31N9O3S/c1-16-11-23(33-32-16)30-25-22-12-19(28-24(38)14-35-10-2-3-20(35)15-37)13-36(22)34-27(31-25)40-21-8-6-18(7-9-21)29-26(39)17-4-5-17/h6-9,11-13,17,20,37H,2-5,10,14-15H2,1H3,(H,28,38)(H,29,39)(H2,30,31,32,33,34). The number of aliphatic hydroxyl groups excluding tert-OH is 1. The number of H-pyrrole nitrogens is 1. The first-order valence-electron chi connectivity index (χ1n) is 13.4. The topological polar surface area (TPSA) is 153 Å². The number of amides is 2. The molecule has 13 heteroatoms. The number of likely N-dealkylation sites (tertiary alicyclic amines) is 1. The molecule has 6 rings (SSSR count). The average molecular weight is 562 g/mol. The monoisotopic (exact) mass is 561 g/mol. The van der Waals surface area contributed by atoms with Crippen LogP contribution < -0.4 is 16.0 Å².